The number of primary amides is 1. The summed E-state index contributed by atoms with van der Waals surface area (Å²) in [5, 5.41) is 3.67. The molecule has 3 N–H and O–H groups in total. The van der Waals surface area contributed by atoms with Gasteiger partial charge in [-0.05, 0) is 38.5 Å². The summed E-state index contributed by atoms with van der Waals surface area (Å²) in [6.07, 6.45) is 0. The van der Waals surface area contributed by atoms with Crippen molar-refractivity contribution in [3.05, 3.63) is 51.8 Å². The van der Waals surface area contributed by atoms with Gasteiger partial charge >= 0.3 is 0 Å². The number of aryl methyl sites for hydroxylation is 3. The number of carbonyl (C=O) groups is 2. The van der Waals surface area contributed by atoms with E-state index in [9.17, 15) is 9.59 Å². The van der Waals surface area contributed by atoms with Crippen LogP contribution in [0.5, 0.6) is 0 Å². The Kier molecular flexibility index (Phi) is 4.02. The summed E-state index contributed by atoms with van der Waals surface area (Å²) in [5.74, 6) is -0.204. The first-order chi connectivity index (χ1) is 11.4. The fourth-order valence-electron chi connectivity index (χ4n) is 2.68. The van der Waals surface area contributed by atoms with Crippen molar-refractivity contribution in [3.63, 3.8) is 0 Å². The fraction of sp³-hybridized carbons (Fsp3) is 0.176. The summed E-state index contributed by atoms with van der Waals surface area (Å²) >= 11 is 1.31. The molecule has 0 aliphatic carbocycles. The molecule has 1 aromatic carbocycles. The number of thiophene rings is 1. The Bertz CT molecular complexity index is 978. The molecular formula is C17H16N4O2S. The summed E-state index contributed by atoms with van der Waals surface area (Å²) in [6.45, 7) is 5.60. The average molecular weight is 340 g/mol. The average Bonchev–Trinajstić information content (AvgIpc) is 2.84. The van der Waals surface area contributed by atoms with Crippen molar-refractivity contribution in [2.45, 2.75) is 20.8 Å². The number of para-hydroxylation sites is 1. The number of carbonyl (C=O) groups excluding carboxylic acids is 2. The Labute approximate surface area is 142 Å². The van der Waals surface area contributed by atoms with Crippen molar-refractivity contribution in [2.24, 2.45) is 5.73 Å². The van der Waals surface area contributed by atoms with Gasteiger partial charge in [-0.25, -0.2) is 9.97 Å². The van der Waals surface area contributed by atoms with E-state index in [1.54, 1.807) is 24.3 Å². The molecule has 122 valence electrons. The number of hydrogen-bond donors (Lipinski definition) is 2. The van der Waals surface area contributed by atoms with Crippen molar-refractivity contribution < 1.29 is 9.59 Å². The van der Waals surface area contributed by atoms with E-state index < -0.39 is 5.91 Å². The number of rotatable bonds is 3. The molecule has 24 heavy (non-hydrogen) atoms. The summed E-state index contributed by atoms with van der Waals surface area (Å²) in [7, 11) is 0. The highest BCUT2D eigenvalue weighted by Crippen LogP contribution is 2.32. The maximum atomic E-state index is 12.7. The molecule has 7 heteroatoms. The lowest BCUT2D eigenvalue weighted by Gasteiger charge is -2.08. The third-order valence-corrected chi connectivity index (χ3v) is 4.91. The second kappa shape index (κ2) is 6.01. The largest absolute Gasteiger partial charge is 0.366 e. The molecule has 0 spiro atoms. The molecule has 0 fully saturated rings. The SMILES string of the molecule is Cc1nc(C)c2c(C)c(C(=O)Nc3ccccc3C(N)=O)sc2n1. The monoisotopic (exact) mass is 340 g/mol. The zero-order valence-electron chi connectivity index (χ0n) is 13.5. The Balaban J connectivity index is 2.03. The fourth-order valence-corrected chi connectivity index (χ4v) is 3.85. The van der Waals surface area contributed by atoms with Crippen molar-refractivity contribution in [3.8, 4) is 0 Å². The lowest BCUT2D eigenvalue weighted by molar-refractivity contribution is 0.100. The predicted molar refractivity (Wildman–Crippen MR) is 94.5 cm³/mol. The minimum absolute atomic E-state index is 0.274. The van der Waals surface area contributed by atoms with Crippen LogP contribution in [0.1, 0.15) is 37.1 Å². The van der Waals surface area contributed by atoms with Crippen LogP contribution in [0.3, 0.4) is 0 Å². The van der Waals surface area contributed by atoms with Crippen LogP contribution in [-0.4, -0.2) is 21.8 Å². The van der Waals surface area contributed by atoms with E-state index >= 15 is 0 Å². The van der Waals surface area contributed by atoms with Crippen LogP contribution >= 0.6 is 11.3 Å². The molecule has 0 aliphatic rings. The number of benzene rings is 1. The molecule has 0 radical (unpaired) electrons. The Morgan fingerprint density at radius 2 is 1.83 bits per heavy atom. The molecule has 0 saturated heterocycles. The molecular weight excluding hydrogens is 324 g/mol. The number of fused-ring (bicyclic) bond motifs is 1. The van der Waals surface area contributed by atoms with E-state index in [-0.39, 0.29) is 11.5 Å². The molecule has 2 heterocycles. The molecule has 0 aliphatic heterocycles. The van der Waals surface area contributed by atoms with E-state index in [0.29, 0.717) is 16.4 Å². The third-order valence-electron chi connectivity index (χ3n) is 3.73. The van der Waals surface area contributed by atoms with Gasteiger partial charge in [0.2, 0.25) is 0 Å². The van der Waals surface area contributed by atoms with Crippen molar-refractivity contribution in [1.82, 2.24) is 9.97 Å². The molecule has 0 bridgehead atoms. The van der Waals surface area contributed by atoms with Crippen LogP contribution < -0.4 is 11.1 Å². The number of nitrogens with one attached hydrogen (secondary N) is 1. The topological polar surface area (TPSA) is 98.0 Å². The van der Waals surface area contributed by atoms with E-state index in [1.165, 1.54) is 11.3 Å². The van der Waals surface area contributed by atoms with Gasteiger partial charge in [-0.3, -0.25) is 9.59 Å². The highest BCUT2D eigenvalue weighted by Gasteiger charge is 2.20. The maximum Gasteiger partial charge on any atom is 0.266 e. The third kappa shape index (κ3) is 2.74. The van der Waals surface area contributed by atoms with E-state index in [1.807, 2.05) is 20.8 Å². The highest BCUT2D eigenvalue weighted by atomic mass is 32.1. The zero-order chi connectivity index (χ0) is 17.4. The number of nitrogens with two attached hydrogens (primary N) is 1. The van der Waals surface area contributed by atoms with Crippen molar-refractivity contribution in [1.29, 1.82) is 0 Å². The van der Waals surface area contributed by atoms with Gasteiger partial charge in [0.1, 0.15) is 10.7 Å². The molecule has 3 rings (SSSR count). The Hall–Kier alpha value is -2.80. The summed E-state index contributed by atoms with van der Waals surface area (Å²) in [5.41, 5.74) is 7.70. The predicted octanol–water partition coefficient (Wildman–Crippen LogP) is 2.97. The lowest BCUT2D eigenvalue weighted by atomic mass is 10.1. The molecule has 6 nitrogen and oxygen atoms in total. The molecule has 0 unspecified atom stereocenters. The number of aromatic nitrogens is 2. The van der Waals surface area contributed by atoms with Gasteiger partial charge < -0.3 is 11.1 Å². The highest BCUT2D eigenvalue weighted by molar-refractivity contribution is 7.20. The van der Waals surface area contributed by atoms with Crippen LogP contribution in [0.2, 0.25) is 0 Å². The van der Waals surface area contributed by atoms with Gasteiger partial charge in [-0.15, -0.1) is 11.3 Å². The van der Waals surface area contributed by atoms with Crippen LogP contribution in [-0.2, 0) is 0 Å². The quantitative estimate of drug-likeness (QED) is 0.766. The second-order valence-electron chi connectivity index (χ2n) is 5.46. The van der Waals surface area contributed by atoms with E-state index in [4.69, 9.17) is 5.73 Å². The van der Waals surface area contributed by atoms with Crippen LogP contribution in [0.4, 0.5) is 5.69 Å². The number of nitrogens with zero attached hydrogens (tertiary/aromatic N) is 2. The normalized spacial score (nSPS) is 10.8. The standard InChI is InChI=1S/C17H16N4O2S/c1-8-13-9(2)19-10(3)20-17(13)24-14(8)16(23)21-12-7-5-4-6-11(12)15(18)22/h4-7H,1-3H3,(H2,18,22)(H,21,23). The smallest absolute Gasteiger partial charge is 0.266 e. The van der Waals surface area contributed by atoms with E-state index in [2.05, 4.69) is 15.3 Å². The Morgan fingerprint density at radius 1 is 1.12 bits per heavy atom. The molecule has 0 saturated carbocycles. The number of anilines is 1. The van der Waals surface area contributed by atoms with Gasteiger partial charge in [-0.2, -0.15) is 0 Å². The summed E-state index contributed by atoms with van der Waals surface area (Å²) in [6, 6.07) is 6.66. The van der Waals surface area contributed by atoms with Crippen molar-refractivity contribution >= 4 is 39.1 Å². The minimum atomic E-state index is -0.587. The first kappa shape index (κ1) is 16.1. The lowest BCUT2D eigenvalue weighted by Crippen LogP contribution is -2.18. The minimum Gasteiger partial charge on any atom is -0.366 e. The van der Waals surface area contributed by atoms with Gasteiger partial charge in [0.15, 0.2) is 0 Å². The van der Waals surface area contributed by atoms with Crippen LogP contribution in [0, 0.1) is 20.8 Å². The van der Waals surface area contributed by atoms with Crippen LogP contribution in [0.15, 0.2) is 24.3 Å². The molecule has 3 aromatic rings. The maximum absolute atomic E-state index is 12.7. The summed E-state index contributed by atoms with van der Waals surface area (Å²) in [4.78, 5) is 34.3. The Morgan fingerprint density at radius 3 is 2.54 bits per heavy atom. The van der Waals surface area contributed by atoms with E-state index in [0.717, 1.165) is 21.5 Å². The van der Waals surface area contributed by atoms with Gasteiger partial charge in [0.05, 0.1) is 16.1 Å². The zero-order valence-corrected chi connectivity index (χ0v) is 14.3. The van der Waals surface area contributed by atoms with Crippen LogP contribution in [0.25, 0.3) is 10.2 Å². The van der Waals surface area contributed by atoms with Gasteiger partial charge in [-0.1, -0.05) is 12.1 Å². The van der Waals surface area contributed by atoms with Gasteiger partial charge in [0, 0.05) is 11.1 Å². The van der Waals surface area contributed by atoms with Gasteiger partial charge in [0.25, 0.3) is 11.8 Å². The molecule has 2 aromatic heterocycles. The first-order valence-electron chi connectivity index (χ1n) is 7.33. The molecule has 2 amide bonds. The number of amides is 2. The van der Waals surface area contributed by atoms with Crippen molar-refractivity contribution in [2.75, 3.05) is 5.32 Å². The molecule has 0 atom stereocenters. The number of hydrogen-bond acceptors (Lipinski definition) is 5. The summed E-state index contributed by atoms with van der Waals surface area (Å²) < 4.78 is 0. The second-order valence-corrected chi connectivity index (χ2v) is 6.46. The first-order valence-corrected chi connectivity index (χ1v) is 8.14.